The average molecular weight is 354 g/mol. The Labute approximate surface area is 155 Å². The number of carbonyl (C=O) groups is 1. The molecule has 0 atom stereocenters. The summed E-state index contributed by atoms with van der Waals surface area (Å²) in [4.78, 5) is 11.9. The first-order chi connectivity index (χ1) is 11.2. The molecule has 0 unspecified atom stereocenters. The summed E-state index contributed by atoms with van der Waals surface area (Å²) in [5, 5.41) is 0. The largest absolute Gasteiger partial charge is 1.00 e. The van der Waals surface area contributed by atoms with Crippen LogP contribution in [0.3, 0.4) is 0 Å². The van der Waals surface area contributed by atoms with Crippen molar-refractivity contribution < 1.29 is 21.8 Å². The van der Waals surface area contributed by atoms with Gasteiger partial charge in [0.1, 0.15) is 12.3 Å². The van der Waals surface area contributed by atoms with Gasteiger partial charge in [0.25, 0.3) is 0 Å². The standard InChI is InChI=1S/C21H36NO.ClH/c1-3-4-5-6-7-8-9-10-11-13-21(23)14-12-17-22-18-15-20(2)16-19-22;/h15-16,18-19H,3-14,17H2,1-2H3;1H/q+1;/p-1. The van der Waals surface area contributed by atoms with Crippen LogP contribution in [0.1, 0.15) is 89.5 Å². The molecule has 0 aliphatic heterocycles. The van der Waals surface area contributed by atoms with Crippen molar-refractivity contribution >= 4 is 5.78 Å². The summed E-state index contributed by atoms with van der Waals surface area (Å²) in [6.07, 6.45) is 18.5. The van der Waals surface area contributed by atoms with E-state index in [-0.39, 0.29) is 12.4 Å². The smallest absolute Gasteiger partial charge is 0.169 e. The molecule has 0 aliphatic rings. The second-order valence-corrected chi connectivity index (χ2v) is 6.83. The van der Waals surface area contributed by atoms with Crippen LogP contribution in [0.25, 0.3) is 0 Å². The van der Waals surface area contributed by atoms with E-state index >= 15 is 0 Å². The third-order valence-corrected chi connectivity index (χ3v) is 4.49. The maximum absolute atomic E-state index is 11.9. The lowest BCUT2D eigenvalue weighted by molar-refractivity contribution is -0.697. The van der Waals surface area contributed by atoms with Crippen molar-refractivity contribution in [1.29, 1.82) is 0 Å². The Morgan fingerprint density at radius 1 is 0.833 bits per heavy atom. The van der Waals surface area contributed by atoms with Crippen molar-refractivity contribution in [2.75, 3.05) is 0 Å². The van der Waals surface area contributed by atoms with Crippen molar-refractivity contribution in [3.8, 4) is 0 Å². The number of carbonyl (C=O) groups excluding carboxylic acids is 1. The predicted molar refractivity (Wildman–Crippen MR) is 97.5 cm³/mol. The highest BCUT2D eigenvalue weighted by atomic mass is 35.5. The van der Waals surface area contributed by atoms with E-state index in [1.165, 1.54) is 56.9 Å². The van der Waals surface area contributed by atoms with Crippen LogP contribution in [0, 0.1) is 6.92 Å². The Bertz CT molecular complexity index is 416. The number of hydrogen-bond donors (Lipinski definition) is 0. The van der Waals surface area contributed by atoms with Crippen LogP contribution in [0.5, 0.6) is 0 Å². The molecule has 0 saturated carbocycles. The molecule has 0 fully saturated rings. The van der Waals surface area contributed by atoms with Gasteiger partial charge in [-0.1, -0.05) is 58.3 Å². The molecule has 0 aromatic carbocycles. The third kappa shape index (κ3) is 12.5. The molecule has 0 aliphatic carbocycles. The van der Waals surface area contributed by atoms with Gasteiger partial charge in [-0.15, -0.1) is 0 Å². The second kappa shape index (κ2) is 15.6. The maximum Gasteiger partial charge on any atom is 0.169 e. The minimum Gasteiger partial charge on any atom is -1.00 e. The van der Waals surface area contributed by atoms with Crippen LogP contribution in [-0.2, 0) is 11.3 Å². The molecule has 1 aromatic heterocycles. The summed E-state index contributed by atoms with van der Waals surface area (Å²) in [6, 6.07) is 4.23. The van der Waals surface area contributed by atoms with E-state index in [0.29, 0.717) is 5.78 Å². The number of pyridine rings is 1. The molecule has 1 aromatic rings. The summed E-state index contributed by atoms with van der Waals surface area (Å²) in [6.45, 7) is 5.30. The molecular formula is C21H36ClNO. The van der Waals surface area contributed by atoms with Gasteiger partial charge in [0.15, 0.2) is 12.4 Å². The first-order valence-corrected chi connectivity index (χ1v) is 9.69. The van der Waals surface area contributed by atoms with Gasteiger partial charge in [-0.2, -0.15) is 0 Å². The number of aromatic nitrogens is 1. The Morgan fingerprint density at radius 3 is 1.92 bits per heavy atom. The molecule has 3 heteroatoms. The van der Waals surface area contributed by atoms with Gasteiger partial charge in [0.2, 0.25) is 0 Å². The SMILES string of the molecule is CCCCCCCCCCCC(=O)CCC[n+]1ccc(C)cc1.[Cl-]. The number of aryl methyl sites for hydroxylation is 2. The number of rotatable bonds is 14. The Hall–Kier alpha value is -0.890. The Morgan fingerprint density at radius 2 is 1.33 bits per heavy atom. The molecule has 24 heavy (non-hydrogen) atoms. The van der Waals surface area contributed by atoms with Crippen molar-refractivity contribution in [1.82, 2.24) is 0 Å². The van der Waals surface area contributed by atoms with Crippen LogP contribution in [0.2, 0.25) is 0 Å². The fourth-order valence-corrected chi connectivity index (χ4v) is 2.90. The van der Waals surface area contributed by atoms with Crippen LogP contribution < -0.4 is 17.0 Å². The van der Waals surface area contributed by atoms with Crippen molar-refractivity contribution in [2.45, 2.75) is 97.4 Å². The van der Waals surface area contributed by atoms with Gasteiger partial charge in [-0.3, -0.25) is 4.79 Å². The topological polar surface area (TPSA) is 20.9 Å². The summed E-state index contributed by atoms with van der Waals surface area (Å²) < 4.78 is 2.17. The molecular weight excluding hydrogens is 318 g/mol. The number of Topliss-reactive ketones (excluding diaryl/α,β-unsaturated/α-hetero) is 1. The highest BCUT2D eigenvalue weighted by molar-refractivity contribution is 5.78. The van der Waals surface area contributed by atoms with E-state index < -0.39 is 0 Å². The van der Waals surface area contributed by atoms with Crippen molar-refractivity contribution in [2.24, 2.45) is 0 Å². The van der Waals surface area contributed by atoms with Gasteiger partial charge in [0, 0.05) is 31.4 Å². The summed E-state index contributed by atoms with van der Waals surface area (Å²) in [5.41, 5.74) is 1.28. The summed E-state index contributed by atoms with van der Waals surface area (Å²) >= 11 is 0. The third-order valence-electron chi connectivity index (χ3n) is 4.49. The van der Waals surface area contributed by atoms with E-state index in [2.05, 4.69) is 42.9 Å². The van der Waals surface area contributed by atoms with E-state index in [4.69, 9.17) is 0 Å². The Kier molecular flexibility index (Phi) is 15.0. The van der Waals surface area contributed by atoms with E-state index in [1.54, 1.807) is 0 Å². The molecule has 1 rings (SSSR count). The molecule has 2 nitrogen and oxygen atoms in total. The average Bonchev–Trinajstić information content (AvgIpc) is 2.55. The lowest BCUT2D eigenvalue weighted by Crippen LogP contribution is -3.00. The summed E-state index contributed by atoms with van der Waals surface area (Å²) in [5.74, 6) is 0.445. The van der Waals surface area contributed by atoms with Crippen molar-refractivity contribution in [3.05, 3.63) is 30.1 Å². The summed E-state index contributed by atoms with van der Waals surface area (Å²) in [7, 11) is 0. The molecule has 138 valence electrons. The van der Waals surface area contributed by atoms with Gasteiger partial charge in [-0.05, 0) is 18.9 Å². The van der Waals surface area contributed by atoms with Gasteiger partial charge in [-0.25, -0.2) is 4.57 Å². The molecule has 0 saturated heterocycles. The minimum absolute atomic E-state index is 0. The number of ketones is 1. The predicted octanol–water partition coefficient (Wildman–Crippen LogP) is 2.56. The zero-order chi connectivity index (χ0) is 16.8. The molecule has 0 bridgehead atoms. The maximum atomic E-state index is 11.9. The van der Waals surface area contributed by atoms with E-state index in [9.17, 15) is 4.79 Å². The van der Waals surface area contributed by atoms with Crippen LogP contribution in [0.4, 0.5) is 0 Å². The molecule has 0 amide bonds. The highest BCUT2D eigenvalue weighted by Gasteiger charge is 2.05. The number of hydrogen-bond acceptors (Lipinski definition) is 1. The van der Waals surface area contributed by atoms with Crippen LogP contribution in [0.15, 0.2) is 24.5 Å². The van der Waals surface area contributed by atoms with Gasteiger partial charge >= 0.3 is 0 Å². The van der Waals surface area contributed by atoms with Gasteiger partial charge in [0.05, 0.1) is 0 Å². The quantitative estimate of drug-likeness (QED) is 0.372. The normalized spacial score (nSPS) is 10.4. The molecule has 0 N–H and O–H groups in total. The van der Waals surface area contributed by atoms with E-state index in [0.717, 1.165) is 32.2 Å². The first kappa shape index (κ1) is 23.1. The van der Waals surface area contributed by atoms with E-state index in [1.807, 2.05) is 0 Å². The fourth-order valence-electron chi connectivity index (χ4n) is 2.90. The molecule has 0 spiro atoms. The highest BCUT2D eigenvalue weighted by Crippen LogP contribution is 2.11. The van der Waals surface area contributed by atoms with Crippen LogP contribution in [-0.4, -0.2) is 5.78 Å². The minimum atomic E-state index is 0. The Balaban J connectivity index is 0.00000529. The zero-order valence-corrected chi connectivity index (χ0v) is 16.5. The first-order valence-electron chi connectivity index (χ1n) is 9.69. The monoisotopic (exact) mass is 353 g/mol. The number of unbranched alkanes of at least 4 members (excludes halogenated alkanes) is 8. The van der Waals surface area contributed by atoms with Crippen LogP contribution >= 0.6 is 0 Å². The molecule has 1 heterocycles. The number of halogens is 1. The molecule has 0 radical (unpaired) electrons. The zero-order valence-electron chi connectivity index (χ0n) is 15.7. The fraction of sp³-hybridized carbons (Fsp3) is 0.714. The lowest BCUT2D eigenvalue weighted by Gasteiger charge is -2.02. The van der Waals surface area contributed by atoms with Crippen molar-refractivity contribution in [3.63, 3.8) is 0 Å². The number of nitrogens with zero attached hydrogens (tertiary/aromatic N) is 1. The lowest BCUT2D eigenvalue weighted by atomic mass is 10.0. The van der Waals surface area contributed by atoms with Gasteiger partial charge < -0.3 is 12.4 Å². The second-order valence-electron chi connectivity index (χ2n) is 6.83.